The number of hydrogen-bond donors (Lipinski definition) is 2. The molecule has 1 unspecified atom stereocenters. The summed E-state index contributed by atoms with van der Waals surface area (Å²) in [5.74, 6) is 0.644. The van der Waals surface area contributed by atoms with E-state index in [1.807, 2.05) is 0 Å². The van der Waals surface area contributed by atoms with Crippen molar-refractivity contribution in [3.63, 3.8) is 0 Å². The SMILES string of the molecule is NC1(C2CCCNC2)COC1. The van der Waals surface area contributed by atoms with E-state index in [2.05, 4.69) is 5.32 Å². The molecule has 0 aromatic carbocycles. The van der Waals surface area contributed by atoms with Gasteiger partial charge in [-0.25, -0.2) is 0 Å². The van der Waals surface area contributed by atoms with Gasteiger partial charge in [0.15, 0.2) is 0 Å². The molecule has 2 heterocycles. The van der Waals surface area contributed by atoms with Crippen molar-refractivity contribution < 1.29 is 4.74 Å². The van der Waals surface area contributed by atoms with Gasteiger partial charge >= 0.3 is 0 Å². The lowest BCUT2D eigenvalue weighted by atomic mass is 9.79. The first-order valence-corrected chi connectivity index (χ1v) is 4.39. The third-order valence-corrected chi connectivity index (χ3v) is 2.85. The first-order chi connectivity index (χ1) is 5.31. The summed E-state index contributed by atoms with van der Waals surface area (Å²) in [6, 6.07) is 0. The summed E-state index contributed by atoms with van der Waals surface area (Å²) < 4.78 is 5.14. The Morgan fingerprint density at radius 3 is 2.73 bits per heavy atom. The van der Waals surface area contributed by atoms with E-state index < -0.39 is 0 Å². The summed E-state index contributed by atoms with van der Waals surface area (Å²) in [5, 5.41) is 3.37. The highest BCUT2D eigenvalue weighted by Crippen LogP contribution is 2.28. The summed E-state index contributed by atoms with van der Waals surface area (Å²) in [7, 11) is 0. The molecule has 0 aromatic rings. The maximum Gasteiger partial charge on any atom is 0.0673 e. The molecule has 3 N–H and O–H groups in total. The molecule has 0 bridgehead atoms. The molecular formula is C8H16N2O. The van der Waals surface area contributed by atoms with Crippen molar-refractivity contribution in [3.8, 4) is 0 Å². The predicted octanol–water partition coefficient (Wildman–Crippen LogP) is -0.286. The molecule has 11 heavy (non-hydrogen) atoms. The monoisotopic (exact) mass is 156 g/mol. The zero-order valence-corrected chi connectivity index (χ0v) is 6.81. The quantitative estimate of drug-likeness (QED) is 0.548. The molecule has 0 amide bonds. The third-order valence-electron chi connectivity index (χ3n) is 2.85. The van der Waals surface area contributed by atoms with Crippen LogP contribution in [0.4, 0.5) is 0 Å². The molecule has 3 heteroatoms. The smallest absolute Gasteiger partial charge is 0.0673 e. The zero-order valence-electron chi connectivity index (χ0n) is 6.81. The van der Waals surface area contributed by atoms with Gasteiger partial charge in [0.05, 0.1) is 18.8 Å². The molecule has 0 radical (unpaired) electrons. The molecule has 0 aromatic heterocycles. The van der Waals surface area contributed by atoms with Gasteiger partial charge in [-0.05, 0) is 31.8 Å². The van der Waals surface area contributed by atoms with Crippen LogP contribution in [0, 0.1) is 5.92 Å². The van der Waals surface area contributed by atoms with Crippen molar-refractivity contribution >= 4 is 0 Å². The molecule has 2 rings (SSSR count). The fourth-order valence-corrected chi connectivity index (χ4v) is 1.92. The molecule has 1 atom stereocenters. The van der Waals surface area contributed by atoms with Crippen molar-refractivity contribution in [2.24, 2.45) is 11.7 Å². The van der Waals surface area contributed by atoms with Crippen LogP contribution in [0.1, 0.15) is 12.8 Å². The largest absolute Gasteiger partial charge is 0.377 e. The molecule has 2 saturated heterocycles. The molecule has 64 valence electrons. The van der Waals surface area contributed by atoms with Crippen LogP contribution in [0.3, 0.4) is 0 Å². The van der Waals surface area contributed by atoms with Gasteiger partial charge in [-0.1, -0.05) is 0 Å². The van der Waals surface area contributed by atoms with Crippen LogP contribution in [-0.4, -0.2) is 31.8 Å². The first-order valence-electron chi connectivity index (χ1n) is 4.39. The highest BCUT2D eigenvalue weighted by molar-refractivity contribution is 4.98. The number of ether oxygens (including phenoxy) is 1. The predicted molar refractivity (Wildman–Crippen MR) is 43.3 cm³/mol. The molecular weight excluding hydrogens is 140 g/mol. The molecule has 2 fully saturated rings. The van der Waals surface area contributed by atoms with E-state index in [4.69, 9.17) is 10.5 Å². The molecule has 3 nitrogen and oxygen atoms in total. The lowest BCUT2D eigenvalue weighted by Gasteiger charge is -2.45. The van der Waals surface area contributed by atoms with Crippen LogP contribution >= 0.6 is 0 Å². The number of nitrogens with one attached hydrogen (secondary N) is 1. The maximum atomic E-state index is 6.11. The van der Waals surface area contributed by atoms with Gasteiger partial charge in [-0.3, -0.25) is 0 Å². The van der Waals surface area contributed by atoms with Gasteiger partial charge in [0.2, 0.25) is 0 Å². The van der Waals surface area contributed by atoms with Crippen molar-refractivity contribution in [3.05, 3.63) is 0 Å². The van der Waals surface area contributed by atoms with E-state index in [1.165, 1.54) is 12.8 Å². The topological polar surface area (TPSA) is 47.3 Å². The summed E-state index contributed by atoms with van der Waals surface area (Å²) in [4.78, 5) is 0. The van der Waals surface area contributed by atoms with Crippen LogP contribution in [-0.2, 0) is 4.74 Å². The number of hydrogen-bond acceptors (Lipinski definition) is 3. The fourth-order valence-electron chi connectivity index (χ4n) is 1.92. The minimum atomic E-state index is 0.00736. The van der Waals surface area contributed by atoms with E-state index in [0.29, 0.717) is 5.92 Å². The Kier molecular flexibility index (Phi) is 1.87. The van der Waals surface area contributed by atoms with Crippen molar-refractivity contribution in [1.82, 2.24) is 5.32 Å². The highest BCUT2D eigenvalue weighted by atomic mass is 16.5. The first kappa shape index (κ1) is 7.53. The van der Waals surface area contributed by atoms with Crippen LogP contribution in [0.15, 0.2) is 0 Å². The van der Waals surface area contributed by atoms with E-state index in [1.54, 1.807) is 0 Å². The lowest BCUT2D eigenvalue weighted by molar-refractivity contribution is -0.0868. The number of rotatable bonds is 1. The molecule has 0 aliphatic carbocycles. The minimum Gasteiger partial charge on any atom is -0.377 e. The second-order valence-corrected chi connectivity index (χ2v) is 3.77. The lowest BCUT2D eigenvalue weighted by Crippen LogP contribution is -2.65. The van der Waals surface area contributed by atoms with E-state index in [0.717, 1.165) is 26.3 Å². The van der Waals surface area contributed by atoms with E-state index >= 15 is 0 Å². The maximum absolute atomic E-state index is 6.11. The van der Waals surface area contributed by atoms with Crippen molar-refractivity contribution in [2.75, 3.05) is 26.3 Å². The fraction of sp³-hybridized carbons (Fsp3) is 1.00. The minimum absolute atomic E-state index is 0.00736. The van der Waals surface area contributed by atoms with Gasteiger partial charge in [-0.15, -0.1) is 0 Å². The van der Waals surface area contributed by atoms with Crippen LogP contribution in [0.5, 0.6) is 0 Å². The second kappa shape index (κ2) is 2.73. The second-order valence-electron chi connectivity index (χ2n) is 3.77. The van der Waals surface area contributed by atoms with Crippen LogP contribution in [0.2, 0.25) is 0 Å². The van der Waals surface area contributed by atoms with E-state index in [-0.39, 0.29) is 5.54 Å². The normalized spacial score (nSPS) is 36.3. The average molecular weight is 156 g/mol. The van der Waals surface area contributed by atoms with Gasteiger partial charge in [-0.2, -0.15) is 0 Å². The Balaban J connectivity index is 1.91. The molecule has 0 saturated carbocycles. The van der Waals surface area contributed by atoms with Crippen LogP contribution in [0.25, 0.3) is 0 Å². The van der Waals surface area contributed by atoms with Crippen molar-refractivity contribution in [2.45, 2.75) is 18.4 Å². The Bertz CT molecular complexity index is 139. The van der Waals surface area contributed by atoms with Gasteiger partial charge in [0, 0.05) is 0 Å². The highest BCUT2D eigenvalue weighted by Gasteiger charge is 2.41. The summed E-state index contributed by atoms with van der Waals surface area (Å²) in [5.41, 5.74) is 6.12. The summed E-state index contributed by atoms with van der Waals surface area (Å²) in [6.07, 6.45) is 2.54. The summed E-state index contributed by atoms with van der Waals surface area (Å²) >= 11 is 0. The Hall–Kier alpha value is -0.120. The Morgan fingerprint density at radius 1 is 1.45 bits per heavy atom. The van der Waals surface area contributed by atoms with Gasteiger partial charge in [0.25, 0.3) is 0 Å². The number of piperidine rings is 1. The average Bonchev–Trinajstić information content (AvgIpc) is 2.02. The summed E-state index contributed by atoms with van der Waals surface area (Å²) in [6.45, 7) is 3.77. The molecule has 2 aliphatic heterocycles. The zero-order chi connectivity index (χ0) is 7.73. The Morgan fingerprint density at radius 2 is 2.27 bits per heavy atom. The molecule has 0 spiro atoms. The number of nitrogens with two attached hydrogens (primary N) is 1. The van der Waals surface area contributed by atoms with E-state index in [9.17, 15) is 0 Å². The third kappa shape index (κ3) is 1.28. The Labute approximate surface area is 67.3 Å². The van der Waals surface area contributed by atoms with Gasteiger partial charge < -0.3 is 15.8 Å². The molecule has 2 aliphatic rings. The standard InChI is InChI=1S/C8H16N2O/c9-8(5-11-6-8)7-2-1-3-10-4-7/h7,10H,1-6,9H2. The van der Waals surface area contributed by atoms with Crippen molar-refractivity contribution in [1.29, 1.82) is 0 Å². The van der Waals surface area contributed by atoms with Crippen LogP contribution < -0.4 is 11.1 Å². The van der Waals surface area contributed by atoms with Gasteiger partial charge in [0.1, 0.15) is 0 Å².